The Morgan fingerprint density at radius 3 is 2.95 bits per heavy atom. The SMILES string of the molecule is CCOC(=O)c1sc(/N=C/c2cccc(Br)c2)cc1C. The maximum atomic E-state index is 11.7. The Morgan fingerprint density at radius 1 is 1.45 bits per heavy atom. The molecule has 0 fully saturated rings. The van der Waals surface area contributed by atoms with Crippen LogP contribution in [-0.4, -0.2) is 18.8 Å². The summed E-state index contributed by atoms with van der Waals surface area (Å²) in [5, 5.41) is 0.797. The number of aryl methyl sites for hydroxylation is 1. The minimum absolute atomic E-state index is 0.279. The van der Waals surface area contributed by atoms with Gasteiger partial charge in [-0.3, -0.25) is 0 Å². The van der Waals surface area contributed by atoms with Gasteiger partial charge in [0.15, 0.2) is 0 Å². The van der Waals surface area contributed by atoms with E-state index in [0.717, 1.165) is 20.6 Å². The summed E-state index contributed by atoms with van der Waals surface area (Å²) in [5.41, 5.74) is 1.90. The number of thiophene rings is 1. The van der Waals surface area contributed by atoms with Crippen LogP contribution in [0.25, 0.3) is 0 Å². The normalized spacial score (nSPS) is 10.9. The highest BCUT2D eigenvalue weighted by molar-refractivity contribution is 9.10. The number of benzene rings is 1. The number of esters is 1. The van der Waals surface area contributed by atoms with E-state index in [0.29, 0.717) is 11.5 Å². The van der Waals surface area contributed by atoms with Gasteiger partial charge in [-0.1, -0.05) is 28.1 Å². The summed E-state index contributed by atoms with van der Waals surface area (Å²) in [5.74, 6) is -0.279. The Kier molecular flexibility index (Phi) is 5.09. The Balaban J connectivity index is 2.18. The van der Waals surface area contributed by atoms with Gasteiger partial charge in [0.05, 0.1) is 6.61 Å². The summed E-state index contributed by atoms with van der Waals surface area (Å²) in [4.78, 5) is 16.8. The maximum absolute atomic E-state index is 11.7. The number of halogens is 1. The first-order chi connectivity index (χ1) is 9.60. The monoisotopic (exact) mass is 351 g/mol. The summed E-state index contributed by atoms with van der Waals surface area (Å²) >= 11 is 4.77. The lowest BCUT2D eigenvalue weighted by molar-refractivity contribution is 0.0531. The molecule has 1 heterocycles. The highest BCUT2D eigenvalue weighted by Crippen LogP contribution is 2.29. The lowest BCUT2D eigenvalue weighted by Crippen LogP contribution is -2.03. The quantitative estimate of drug-likeness (QED) is 0.589. The number of hydrogen-bond donors (Lipinski definition) is 0. The van der Waals surface area contributed by atoms with Gasteiger partial charge >= 0.3 is 5.97 Å². The van der Waals surface area contributed by atoms with Crippen LogP contribution in [0, 0.1) is 6.92 Å². The van der Waals surface area contributed by atoms with Crippen molar-refractivity contribution in [2.45, 2.75) is 13.8 Å². The van der Waals surface area contributed by atoms with Crippen LogP contribution in [0.3, 0.4) is 0 Å². The average Bonchev–Trinajstić information content (AvgIpc) is 2.78. The molecule has 0 spiro atoms. The molecule has 0 atom stereocenters. The van der Waals surface area contributed by atoms with E-state index in [1.54, 1.807) is 13.1 Å². The second kappa shape index (κ2) is 6.81. The zero-order chi connectivity index (χ0) is 14.5. The van der Waals surface area contributed by atoms with Crippen LogP contribution in [0.15, 0.2) is 39.8 Å². The smallest absolute Gasteiger partial charge is 0.348 e. The Bertz CT molecular complexity index is 649. The second-order valence-electron chi connectivity index (χ2n) is 4.13. The zero-order valence-electron chi connectivity index (χ0n) is 11.2. The van der Waals surface area contributed by atoms with Crippen LogP contribution in [0.5, 0.6) is 0 Å². The van der Waals surface area contributed by atoms with Crippen LogP contribution >= 0.6 is 27.3 Å². The molecule has 0 amide bonds. The van der Waals surface area contributed by atoms with Gasteiger partial charge in [0.2, 0.25) is 0 Å². The molecule has 2 aromatic rings. The summed E-state index contributed by atoms with van der Waals surface area (Å²) in [6.45, 7) is 4.07. The fraction of sp³-hybridized carbons (Fsp3) is 0.200. The highest BCUT2D eigenvalue weighted by atomic mass is 79.9. The molecule has 3 nitrogen and oxygen atoms in total. The molecule has 0 unspecified atom stereocenters. The van der Waals surface area contributed by atoms with Gasteiger partial charge in [-0.05, 0) is 43.2 Å². The number of aliphatic imine (C=N–C) groups is 1. The molecular weight excluding hydrogens is 338 g/mol. The van der Waals surface area contributed by atoms with Crippen LogP contribution < -0.4 is 0 Å². The van der Waals surface area contributed by atoms with Gasteiger partial charge in [-0.25, -0.2) is 9.79 Å². The van der Waals surface area contributed by atoms with Gasteiger partial charge in [0.25, 0.3) is 0 Å². The minimum atomic E-state index is -0.279. The van der Waals surface area contributed by atoms with Crippen molar-refractivity contribution in [3.05, 3.63) is 50.8 Å². The molecule has 0 aliphatic rings. The zero-order valence-corrected chi connectivity index (χ0v) is 13.6. The van der Waals surface area contributed by atoms with Crippen molar-refractivity contribution in [3.8, 4) is 0 Å². The van der Waals surface area contributed by atoms with Gasteiger partial charge < -0.3 is 4.74 Å². The fourth-order valence-electron chi connectivity index (χ4n) is 1.65. The van der Waals surface area contributed by atoms with Crippen LogP contribution in [0.2, 0.25) is 0 Å². The van der Waals surface area contributed by atoms with E-state index in [1.165, 1.54) is 11.3 Å². The average molecular weight is 352 g/mol. The van der Waals surface area contributed by atoms with E-state index in [9.17, 15) is 4.79 Å². The van der Waals surface area contributed by atoms with Gasteiger partial charge in [-0.15, -0.1) is 11.3 Å². The minimum Gasteiger partial charge on any atom is -0.462 e. The van der Waals surface area contributed by atoms with Crippen molar-refractivity contribution in [1.82, 2.24) is 0 Å². The first-order valence-electron chi connectivity index (χ1n) is 6.17. The van der Waals surface area contributed by atoms with Gasteiger partial charge in [-0.2, -0.15) is 0 Å². The topological polar surface area (TPSA) is 38.7 Å². The standard InChI is InChI=1S/C15H14BrNO2S/c1-3-19-15(18)14-10(2)7-13(20-14)17-9-11-5-4-6-12(16)8-11/h4-9H,3H2,1-2H3/b17-9+. The molecule has 0 bridgehead atoms. The first-order valence-corrected chi connectivity index (χ1v) is 7.78. The van der Waals surface area contributed by atoms with Crippen molar-refractivity contribution >= 4 is 44.5 Å². The second-order valence-corrected chi connectivity index (χ2v) is 6.08. The lowest BCUT2D eigenvalue weighted by Gasteiger charge is -1.98. The van der Waals surface area contributed by atoms with E-state index in [-0.39, 0.29) is 5.97 Å². The number of rotatable bonds is 4. The molecule has 0 saturated carbocycles. The molecule has 1 aromatic heterocycles. The fourth-order valence-corrected chi connectivity index (χ4v) is 2.98. The first kappa shape index (κ1) is 14.9. The lowest BCUT2D eigenvalue weighted by atomic mass is 10.2. The van der Waals surface area contributed by atoms with Crippen molar-refractivity contribution in [2.75, 3.05) is 6.61 Å². The maximum Gasteiger partial charge on any atom is 0.348 e. The van der Waals surface area contributed by atoms with E-state index in [4.69, 9.17) is 4.74 Å². The van der Waals surface area contributed by atoms with E-state index < -0.39 is 0 Å². The molecule has 5 heteroatoms. The largest absolute Gasteiger partial charge is 0.462 e. The molecule has 1 aromatic carbocycles. The Labute approximate surface area is 130 Å². The van der Waals surface area contributed by atoms with Gasteiger partial charge in [0, 0.05) is 10.7 Å². The molecule has 0 aliphatic heterocycles. The third-order valence-electron chi connectivity index (χ3n) is 2.56. The molecule has 0 N–H and O–H groups in total. The third kappa shape index (κ3) is 3.77. The summed E-state index contributed by atoms with van der Waals surface area (Å²) in [6, 6.07) is 9.77. The Morgan fingerprint density at radius 2 is 2.25 bits per heavy atom. The summed E-state index contributed by atoms with van der Waals surface area (Å²) < 4.78 is 6.02. The number of carbonyl (C=O) groups is 1. The van der Waals surface area contributed by atoms with Crippen molar-refractivity contribution in [1.29, 1.82) is 0 Å². The van der Waals surface area contributed by atoms with Crippen molar-refractivity contribution in [3.63, 3.8) is 0 Å². The van der Waals surface area contributed by atoms with Crippen molar-refractivity contribution < 1.29 is 9.53 Å². The van der Waals surface area contributed by atoms with Crippen LogP contribution in [-0.2, 0) is 4.74 Å². The third-order valence-corrected chi connectivity index (χ3v) is 4.17. The number of carbonyl (C=O) groups excluding carboxylic acids is 1. The number of nitrogens with zero attached hydrogens (tertiary/aromatic N) is 1. The molecule has 104 valence electrons. The molecule has 0 radical (unpaired) electrons. The predicted octanol–water partition coefficient (Wildman–Crippen LogP) is 4.75. The van der Waals surface area contributed by atoms with Crippen LogP contribution in [0.1, 0.15) is 27.7 Å². The van der Waals surface area contributed by atoms with E-state index in [2.05, 4.69) is 20.9 Å². The van der Waals surface area contributed by atoms with Gasteiger partial charge in [0.1, 0.15) is 9.88 Å². The molecule has 0 saturated heterocycles. The van der Waals surface area contributed by atoms with Crippen molar-refractivity contribution in [2.24, 2.45) is 4.99 Å². The number of hydrogen-bond acceptors (Lipinski definition) is 4. The highest BCUT2D eigenvalue weighted by Gasteiger charge is 2.13. The predicted molar refractivity (Wildman–Crippen MR) is 86.4 cm³/mol. The molecule has 20 heavy (non-hydrogen) atoms. The van der Waals surface area contributed by atoms with E-state index in [1.807, 2.05) is 37.3 Å². The molecular formula is C15H14BrNO2S. The molecule has 2 rings (SSSR count). The van der Waals surface area contributed by atoms with Crippen LogP contribution in [0.4, 0.5) is 5.00 Å². The summed E-state index contributed by atoms with van der Waals surface area (Å²) in [7, 11) is 0. The summed E-state index contributed by atoms with van der Waals surface area (Å²) in [6.07, 6.45) is 1.78. The van der Waals surface area contributed by atoms with E-state index >= 15 is 0 Å². The molecule has 0 aliphatic carbocycles. The number of ether oxygens (including phenoxy) is 1. The Hall–Kier alpha value is -1.46.